The molecule has 0 aromatic heterocycles. The zero-order chi connectivity index (χ0) is 24.1. The van der Waals surface area contributed by atoms with E-state index in [1.807, 2.05) is 0 Å². The fraction of sp³-hybridized carbons (Fsp3) is 0.333. The van der Waals surface area contributed by atoms with Crippen LogP contribution in [0.3, 0.4) is 0 Å². The lowest BCUT2D eigenvalue weighted by Crippen LogP contribution is -2.51. The predicted molar refractivity (Wildman–Crippen MR) is 112 cm³/mol. The van der Waals surface area contributed by atoms with Crippen LogP contribution < -0.4 is 10.6 Å². The van der Waals surface area contributed by atoms with E-state index in [4.69, 9.17) is 0 Å². The van der Waals surface area contributed by atoms with E-state index in [1.165, 1.54) is 13.0 Å². The molecule has 1 fully saturated rings. The van der Waals surface area contributed by atoms with Gasteiger partial charge in [-0.2, -0.15) is 0 Å². The van der Waals surface area contributed by atoms with Crippen LogP contribution in [0.15, 0.2) is 29.2 Å². The average Bonchev–Trinajstić information content (AvgIpc) is 2.72. The fourth-order valence-electron chi connectivity index (χ4n) is 4.11. The quantitative estimate of drug-likeness (QED) is 0.578. The number of aliphatic hydroxyl groups excluding tert-OH is 1. The third kappa shape index (κ3) is 4.15. The highest BCUT2D eigenvalue weighted by molar-refractivity contribution is 7.90. The predicted octanol–water partition coefficient (Wildman–Crippen LogP) is 3.50. The van der Waals surface area contributed by atoms with E-state index < -0.39 is 51.6 Å². The molecule has 0 bridgehead atoms. The summed E-state index contributed by atoms with van der Waals surface area (Å²) in [5.74, 6) is -5.55. The van der Waals surface area contributed by atoms with Crippen molar-refractivity contribution in [3.8, 4) is 0 Å². The molecule has 12 heteroatoms. The summed E-state index contributed by atoms with van der Waals surface area (Å²) >= 11 is 0. The number of anilines is 2. The molecule has 3 N–H and O–H groups in total. The number of sulfonamides is 1. The van der Waals surface area contributed by atoms with Gasteiger partial charge in [-0.25, -0.2) is 30.7 Å². The average molecular weight is 483 g/mol. The van der Waals surface area contributed by atoms with Gasteiger partial charge in [0.25, 0.3) is 15.9 Å². The summed E-state index contributed by atoms with van der Waals surface area (Å²) in [6, 6.07) is 2.12. The van der Waals surface area contributed by atoms with E-state index in [-0.39, 0.29) is 21.8 Å². The maximum Gasteiger partial charge on any atom is 0.336 e. The van der Waals surface area contributed by atoms with E-state index in [2.05, 4.69) is 10.6 Å². The Labute approximate surface area is 187 Å². The number of hydrogen-bond acceptors (Lipinski definition) is 5. The van der Waals surface area contributed by atoms with Crippen molar-refractivity contribution in [2.45, 2.75) is 49.6 Å². The number of aryl methyl sites for hydroxylation is 1. The van der Waals surface area contributed by atoms with Gasteiger partial charge >= 0.3 is 6.03 Å². The second kappa shape index (κ2) is 8.34. The molecule has 2 aromatic carbocycles. The highest BCUT2D eigenvalue weighted by Crippen LogP contribution is 2.37. The second-order valence-corrected chi connectivity index (χ2v) is 9.85. The molecule has 2 aromatic rings. The Bertz CT molecular complexity index is 1240. The number of carbonyl (C=O) groups excluding carboxylic acids is 2. The standard InChI is InChI=1S/C21H20F3N3O5S/c1-10-6-17-18(9-14(10)20(29)25-11-7-15(22)19(24)16(23)8-11)33(31,32)27(21(30)26-17)12-2-4-13(28)5-3-12/h6-9,12-13,28H,2-5H2,1H3,(H,25,29)(H,26,30)/t12-,13-. The van der Waals surface area contributed by atoms with E-state index >= 15 is 0 Å². The van der Waals surface area contributed by atoms with Crippen molar-refractivity contribution in [3.05, 3.63) is 52.8 Å². The van der Waals surface area contributed by atoms with Gasteiger partial charge < -0.3 is 15.7 Å². The maximum atomic E-state index is 13.5. The summed E-state index contributed by atoms with van der Waals surface area (Å²) in [5.41, 5.74) is -0.177. The van der Waals surface area contributed by atoms with Crippen LogP contribution >= 0.6 is 0 Å². The monoisotopic (exact) mass is 483 g/mol. The van der Waals surface area contributed by atoms with Crippen LogP contribution in [0.2, 0.25) is 0 Å². The van der Waals surface area contributed by atoms with Gasteiger partial charge in [0.05, 0.1) is 17.8 Å². The lowest BCUT2D eigenvalue weighted by Gasteiger charge is -2.37. The van der Waals surface area contributed by atoms with Gasteiger partial charge in [0.15, 0.2) is 17.5 Å². The molecule has 1 aliphatic carbocycles. The highest BCUT2D eigenvalue weighted by atomic mass is 32.2. The molecule has 176 valence electrons. The first-order valence-electron chi connectivity index (χ1n) is 10.1. The zero-order valence-electron chi connectivity index (χ0n) is 17.4. The number of halogens is 3. The Balaban J connectivity index is 1.68. The van der Waals surface area contributed by atoms with Crippen molar-refractivity contribution < 1.29 is 36.3 Å². The molecule has 1 saturated carbocycles. The first-order chi connectivity index (χ1) is 15.5. The minimum Gasteiger partial charge on any atom is -0.393 e. The number of carbonyl (C=O) groups is 2. The molecule has 0 saturated heterocycles. The second-order valence-electron chi connectivity index (χ2n) is 8.06. The van der Waals surface area contributed by atoms with Crippen molar-refractivity contribution in [1.82, 2.24) is 4.31 Å². The number of rotatable bonds is 3. The van der Waals surface area contributed by atoms with E-state index in [0.717, 1.165) is 10.4 Å². The molecule has 4 rings (SSSR count). The Morgan fingerprint density at radius 2 is 1.70 bits per heavy atom. The smallest absolute Gasteiger partial charge is 0.336 e. The molecule has 0 unspecified atom stereocenters. The first-order valence-corrected chi connectivity index (χ1v) is 11.6. The molecule has 0 atom stereocenters. The highest BCUT2D eigenvalue weighted by Gasteiger charge is 2.42. The molecule has 3 amide bonds. The Morgan fingerprint density at radius 3 is 2.30 bits per heavy atom. The van der Waals surface area contributed by atoms with E-state index in [9.17, 15) is 36.3 Å². The summed E-state index contributed by atoms with van der Waals surface area (Å²) in [4.78, 5) is 25.1. The van der Waals surface area contributed by atoms with Gasteiger partial charge in [0.2, 0.25) is 0 Å². The molecular formula is C21H20F3N3O5S. The number of amides is 3. The third-order valence-corrected chi connectivity index (χ3v) is 7.66. The van der Waals surface area contributed by atoms with Crippen LogP contribution in [0.4, 0.5) is 29.3 Å². The normalized spacial score (nSPS) is 21.8. The molecule has 8 nitrogen and oxygen atoms in total. The molecule has 2 aliphatic rings. The number of nitrogens with one attached hydrogen (secondary N) is 2. The van der Waals surface area contributed by atoms with Gasteiger partial charge in [-0.05, 0) is 50.3 Å². The number of urea groups is 1. The van der Waals surface area contributed by atoms with Crippen LogP contribution in [0, 0.1) is 24.4 Å². The van der Waals surface area contributed by atoms with Gasteiger partial charge in [-0.3, -0.25) is 4.79 Å². The largest absolute Gasteiger partial charge is 0.393 e. The number of aliphatic hydroxyl groups is 1. The maximum absolute atomic E-state index is 13.5. The fourth-order valence-corrected chi connectivity index (χ4v) is 5.84. The molecule has 33 heavy (non-hydrogen) atoms. The zero-order valence-corrected chi connectivity index (χ0v) is 18.2. The third-order valence-electron chi connectivity index (χ3n) is 5.79. The number of hydrogen-bond donors (Lipinski definition) is 3. The minimum absolute atomic E-state index is 0.0000141. The van der Waals surface area contributed by atoms with Crippen molar-refractivity contribution in [1.29, 1.82) is 0 Å². The number of fused-ring (bicyclic) bond motifs is 1. The summed E-state index contributed by atoms with van der Waals surface area (Å²) in [6.45, 7) is 1.49. The van der Waals surface area contributed by atoms with Gasteiger partial charge in [-0.15, -0.1) is 0 Å². The molecule has 1 aliphatic heterocycles. The summed E-state index contributed by atoms with van der Waals surface area (Å²) < 4.78 is 67.4. The first kappa shape index (κ1) is 23.1. The van der Waals surface area contributed by atoms with Gasteiger partial charge in [0.1, 0.15) is 4.90 Å². The van der Waals surface area contributed by atoms with Gasteiger partial charge in [0, 0.05) is 23.4 Å². The van der Waals surface area contributed by atoms with Crippen molar-refractivity contribution >= 4 is 33.3 Å². The topological polar surface area (TPSA) is 116 Å². The summed E-state index contributed by atoms with van der Waals surface area (Å²) in [6.07, 6.45) is 0.739. The molecule has 0 radical (unpaired) electrons. The van der Waals surface area contributed by atoms with Gasteiger partial charge in [-0.1, -0.05) is 0 Å². The molecule has 0 spiro atoms. The molecule has 1 heterocycles. The van der Waals surface area contributed by atoms with Crippen LogP contribution in [-0.2, 0) is 10.0 Å². The van der Waals surface area contributed by atoms with Crippen LogP contribution in [-0.4, -0.2) is 41.9 Å². The van der Waals surface area contributed by atoms with E-state index in [1.54, 1.807) is 0 Å². The summed E-state index contributed by atoms with van der Waals surface area (Å²) in [7, 11) is -4.32. The van der Waals surface area contributed by atoms with E-state index in [0.29, 0.717) is 43.4 Å². The lowest BCUT2D eigenvalue weighted by atomic mass is 9.93. The van der Waals surface area contributed by atoms with Crippen LogP contribution in [0.5, 0.6) is 0 Å². The minimum atomic E-state index is -4.32. The van der Waals surface area contributed by atoms with Crippen molar-refractivity contribution in [2.75, 3.05) is 10.6 Å². The van der Waals surface area contributed by atoms with Crippen molar-refractivity contribution in [2.24, 2.45) is 0 Å². The number of nitrogens with zero attached hydrogens (tertiary/aromatic N) is 1. The van der Waals surface area contributed by atoms with Crippen LogP contribution in [0.25, 0.3) is 0 Å². The number of benzene rings is 2. The SMILES string of the molecule is Cc1cc2c(cc1C(=O)Nc1cc(F)c(F)c(F)c1)S(=O)(=O)N([C@H]1CC[C@H](O)CC1)C(=O)N2. The Morgan fingerprint density at radius 1 is 1.09 bits per heavy atom. The lowest BCUT2D eigenvalue weighted by molar-refractivity contribution is 0.102. The molecular weight excluding hydrogens is 463 g/mol. The Hall–Kier alpha value is -3.12. The Kier molecular flexibility index (Phi) is 5.83. The summed E-state index contributed by atoms with van der Waals surface area (Å²) in [5, 5.41) is 14.4. The van der Waals surface area contributed by atoms with Crippen molar-refractivity contribution in [3.63, 3.8) is 0 Å². The van der Waals surface area contributed by atoms with Crippen LogP contribution in [0.1, 0.15) is 41.6 Å².